The maximum Gasteiger partial charge on any atom is 0.416 e. The molecule has 7 heteroatoms. The number of hydrogen-bond acceptors (Lipinski definition) is 2. The van der Waals surface area contributed by atoms with Crippen LogP contribution in [0.5, 0.6) is 0 Å². The van der Waals surface area contributed by atoms with Crippen molar-refractivity contribution in [2.45, 2.75) is 19.5 Å². The van der Waals surface area contributed by atoms with Crippen LogP contribution in [0.4, 0.5) is 23.7 Å². The van der Waals surface area contributed by atoms with Crippen molar-refractivity contribution in [3.8, 4) is 0 Å². The number of hydrogen-bond donors (Lipinski definition) is 2. The Balaban J connectivity index is 2.70. The Morgan fingerprint density at radius 3 is 2.30 bits per heavy atom. The molecule has 1 aromatic carbocycles. The molecule has 0 spiro atoms. The third kappa shape index (κ3) is 4.73. The summed E-state index contributed by atoms with van der Waals surface area (Å²) in [5.74, 6) is 0. The van der Waals surface area contributed by atoms with Gasteiger partial charge in [-0.2, -0.15) is 13.2 Å². The fourth-order valence-electron chi connectivity index (χ4n) is 1.65. The van der Waals surface area contributed by atoms with Crippen LogP contribution in [-0.2, 0) is 6.18 Å². The fourth-order valence-corrected chi connectivity index (χ4v) is 1.65. The van der Waals surface area contributed by atoms with Gasteiger partial charge in [0, 0.05) is 18.8 Å². The van der Waals surface area contributed by atoms with E-state index in [2.05, 4.69) is 5.32 Å². The van der Waals surface area contributed by atoms with Gasteiger partial charge in [-0.1, -0.05) is 6.92 Å². The zero-order chi connectivity index (χ0) is 15.2. The summed E-state index contributed by atoms with van der Waals surface area (Å²) in [7, 11) is 0. The molecule has 0 bridgehead atoms. The Morgan fingerprint density at radius 1 is 1.25 bits per heavy atom. The van der Waals surface area contributed by atoms with Crippen LogP contribution in [0.2, 0.25) is 0 Å². The molecule has 0 fully saturated rings. The largest absolute Gasteiger partial charge is 0.416 e. The highest BCUT2D eigenvalue weighted by Gasteiger charge is 2.30. The van der Waals surface area contributed by atoms with Crippen LogP contribution in [0.25, 0.3) is 0 Å². The van der Waals surface area contributed by atoms with Gasteiger partial charge in [0.25, 0.3) is 0 Å². The van der Waals surface area contributed by atoms with Crippen LogP contribution in [-0.4, -0.2) is 35.7 Å². The summed E-state index contributed by atoms with van der Waals surface area (Å²) in [4.78, 5) is 13.3. The molecule has 0 unspecified atom stereocenters. The van der Waals surface area contributed by atoms with Crippen LogP contribution in [0.3, 0.4) is 0 Å². The number of amides is 2. The van der Waals surface area contributed by atoms with Gasteiger partial charge in [-0.25, -0.2) is 4.79 Å². The molecule has 112 valence electrons. The van der Waals surface area contributed by atoms with Gasteiger partial charge in [-0.05, 0) is 30.7 Å². The summed E-state index contributed by atoms with van der Waals surface area (Å²) in [5.41, 5.74) is -0.488. The summed E-state index contributed by atoms with van der Waals surface area (Å²) < 4.78 is 37.2. The average Bonchev–Trinajstić information content (AvgIpc) is 2.38. The first kappa shape index (κ1) is 16.3. The summed E-state index contributed by atoms with van der Waals surface area (Å²) in [5, 5.41) is 11.4. The van der Waals surface area contributed by atoms with Gasteiger partial charge >= 0.3 is 12.2 Å². The van der Waals surface area contributed by atoms with E-state index in [0.717, 1.165) is 18.6 Å². The Kier molecular flexibility index (Phi) is 5.82. The molecule has 1 aromatic rings. The normalized spacial score (nSPS) is 11.2. The van der Waals surface area contributed by atoms with E-state index in [9.17, 15) is 18.0 Å². The van der Waals surface area contributed by atoms with E-state index in [1.54, 1.807) is 0 Å². The van der Waals surface area contributed by atoms with Crippen molar-refractivity contribution in [3.63, 3.8) is 0 Å². The molecule has 0 aliphatic heterocycles. The van der Waals surface area contributed by atoms with Crippen LogP contribution < -0.4 is 5.32 Å². The fraction of sp³-hybridized carbons (Fsp3) is 0.462. The standard InChI is InChI=1S/C13H17F3N2O2/c1-2-7-18(8-9-19)12(20)17-11-5-3-10(4-6-11)13(14,15)16/h3-6,19H,2,7-9H2,1H3,(H,17,20). The van der Waals surface area contributed by atoms with Crippen molar-refractivity contribution in [2.75, 3.05) is 25.0 Å². The van der Waals surface area contributed by atoms with E-state index >= 15 is 0 Å². The number of nitrogens with zero attached hydrogens (tertiary/aromatic N) is 1. The number of aliphatic hydroxyl groups excluding tert-OH is 1. The SMILES string of the molecule is CCCN(CCO)C(=O)Nc1ccc(C(F)(F)F)cc1. The van der Waals surface area contributed by atoms with E-state index in [-0.39, 0.29) is 18.8 Å². The molecular weight excluding hydrogens is 273 g/mol. The molecule has 2 N–H and O–H groups in total. The first-order valence-electron chi connectivity index (χ1n) is 6.22. The van der Waals surface area contributed by atoms with E-state index in [0.29, 0.717) is 6.54 Å². The Bertz CT molecular complexity index is 426. The Morgan fingerprint density at radius 2 is 1.85 bits per heavy atom. The first-order valence-corrected chi connectivity index (χ1v) is 6.22. The van der Waals surface area contributed by atoms with E-state index in [4.69, 9.17) is 5.11 Å². The van der Waals surface area contributed by atoms with Gasteiger partial charge in [-0.15, -0.1) is 0 Å². The summed E-state index contributed by atoms with van der Waals surface area (Å²) in [6.07, 6.45) is -3.67. The van der Waals surface area contributed by atoms with Gasteiger partial charge in [0.2, 0.25) is 0 Å². The highest BCUT2D eigenvalue weighted by Crippen LogP contribution is 2.29. The molecule has 0 radical (unpaired) electrons. The number of benzene rings is 1. The third-order valence-corrected chi connectivity index (χ3v) is 2.61. The molecule has 4 nitrogen and oxygen atoms in total. The highest BCUT2D eigenvalue weighted by atomic mass is 19.4. The quantitative estimate of drug-likeness (QED) is 0.876. The number of anilines is 1. The number of alkyl halides is 3. The maximum absolute atomic E-state index is 12.4. The van der Waals surface area contributed by atoms with E-state index in [1.165, 1.54) is 17.0 Å². The molecule has 0 aliphatic carbocycles. The van der Waals surface area contributed by atoms with Crippen molar-refractivity contribution in [3.05, 3.63) is 29.8 Å². The lowest BCUT2D eigenvalue weighted by Crippen LogP contribution is -2.37. The lowest BCUT2D eigenvalue weighted by Gasteiger charge is -2.21. The Hall–Kier alpha value is -1.76. The number of rotatable bonds is 5. The molecule has 0 aliphatic rings. The molecule has 2 amide bonds. The number of aliphatic hydroxyl groups is 1. The number of carbonyl (C=O) groups is 1. The van der Waals surface area contributed by atoms with Gasteiger partial charge in [-0.3, -0.25) is 0 Å². The van der Waals surface area contributed by atoms with Crippen molar-refractivity contribution < 1.29 is 23.1 Å². The number of carbonyl (C=O) groups excluding carboxylic acids is 1. The number of halogens is 3. The number of urea groups is 1. The van der Waals surface area contributed by atoms with Crippen molar-refractivity contribution in [1.29, 1.82) is 0 Å². The molecule has 20 heavy (non-hydrogen) atoms. The Labute approximate surface area is 115 Å². The second-order valence-corrected chi connectivity index (χ2v) is 4.22. The monoisotopic (exact) mass is 290 g/mol. The minimum absolute atomic E-state index is 0.166. The van der Waals surface area contributed by atoms with Crippen LogP contribution in [0.15, 0.2) is 24.3 Å². The lowest BCUT2D eigenvalue weighted by molar-refractivity contribution is -0.137. The molecular formula is C13H17F3N2O2. The molecule has 0 saturated heterocycles. The minimum Gasteiger partial charge on any atom is -0.395 e. The zero-order valence-corrected chi connectivity index (χ0v) is 11.1. The predicted molar refractivity (Wildman–Crippen MR) is 69.4 cm³/mol. The van der Waals surface area contributed by atoms with Crippen molar-refractivity contribution in [2.24, 2.45) is 0 Å². The summed E-state index contributed by atoms with van der Waals surface area (Å²) >= 11 is 0. The first-order chi connectivity index (χ1) is 9.38. The third-order valence-electron chi connectivity index (χ3n) is 2.61. The van der Waals surface area contributed by atoms with Gasteiger partial charge < -0.3 is 15.3 Å². The molecule has 0 atom stereocenters. The zero-order valence-electron chi connectivity index (χ0n) is 11.1. The second-order valence-electron chi connectivity index (χ2n) is 4.22. The summed E-state index contributed by atoms with van der Waals surface area (Å²) in [6, 6.07) is 3.77. The molecule has 0 aromatic heterocycles. The van der Waals surface area contributed by atoms with E-state index < -0.39 is 17.8 Å². The van der Waals surface area contributed by atoms with Crippen molar-refractivity contribution in [1.82, 2.24) is 4.90 Å². The smallest absolute Gasteiger partial charge is 0.395 e. The van der Waals surface area contributed by atoms with Gasteiger partial charge in [0.1, 0.15) is 0 Å². The van der Waals surface area contributed by atoms with Crippen LogP contribution in [0, 0.1) is 0 Å². The van der Waals surface area contributed by atoms with Crippen LogP contribution >= 0.6 is 0 Å². The van der Waals surface area contributed by atoms with Crippen molar-refractivity contribution >= 4 is 11.7 Å². The molecule has 0 saturated carbocycles. The topological polar surface area (TPSA) is 52.6 Å². The highest BCUT2D eigenvalue weighted by molar-refractivity contribution is 5.89. The van der Waals surface area contributed by atoms with Gasteiger partial charge in [0.15, 0.2) is 0 Å². The predicted octanol–water partition coefficient (Wildman–Crippen LogP) is 2.94. The number of nitrogens with one attached hydrogen (secondary N) is 1. The van der Waals surface area contributed by atoms with Crippen LogP contribution in [0.1, 0.15) is 18.9 Å². The molecule has 1 rings (SSSR count). The lowest BCUT2D eigenvalue weighted by atomic mass is 10.2. The van der Waals surface area contributed by atoms with Gasteiger partial charge in [0.05, 0.1) is 12.2 Å². The van der Waals surface area contributed by atoms with E-state index in [1.807, 2.05) is 6.92 Å². The summed E-state index contributed by atoms with van der Waals surface area (Å²) in [6.45, 7) is 2.36. The second kappa shape index (κ2) is 7.14. The average molecular weight is 290 g/mol. The maximum atomic E-state index is 12.4. The minimum atomic E-state index is -4.40. The molecule has 0 heterocycles.